The molecule has 0 aliphatic carbocycles. The van der Waals surface area contributed by atoms with E-state index in [0.717, 1.165) is 0 Å². The summed E-state index contributed by atoms with van der Waals surface area (Å²) in [7, 11) is 4.05. The van der Waals surface area contributed by atoms with E-state index < -0.39 is 17.5 Å². The fourth-order valence-corrected chi connectivity index (χ4v) is 1.44. The molecule has 0 spiro atoms. The molecule has 1 N–H and O–H groups in total. The first-order valence-electron chi connectivity index (χ1n) is 5.08. The second kappa shape index (κ2) is 5.85. The molecule has 7 nitrogen and oxygen atoms in total. The number of rotatable bonds is 6. The van der Waals surface area contributed by atoms with E-state index in [1.54, 1.807) is 0 Å². The highest BCUT2D eigenvalue weighted by Gasteiger charge is 2.26. The van der Waals surface area contributed by atoms with Gasteiger partial charge in [0.15, 0.2) is 11.5 Å². The van der Waals surface area contributed by atoms with Crippen molar-refractivity contribution >= 4 is 17.5 Å². The second-order valence-electron chi connectivity index (χ2n) is 3.38. The van der Waals surface area contributed by atoms with Crippen molar-refractivity contribution in [2.75, 3.05) is 21.3 Å². The number of carboxylic acid groups (broad SMARTS) is 1. The summed E-state index contributed by atoms with van der Waals surface area (Å²) in [6, 6.07) is 2.43. The third kappa shape index (κ3) is 2.82. The van der Waals surface area contributed by atoms with Gasteiger partial charge in [0.2, 0.25) is 11.5 Å². The van der Waals surface area contributed by atoms with Gasteiger partial charge in [0, 0.05) is 5.56 Å². The SMILES string of the molecule is COc1cc(C(=O)C(=O)C(=O)O)cc(OC)c1OC. The van der Waals surface area contributed by atoms with Crippen molar-refractivity contribution in [3.05, 3.63) is 17.7 Å². The van der Waals surface area contributed by atoms with Gasteiger partial charge in [0.1, 0.15) is 0 Å². The predicted molar refractivity (Wildman–Crippen MR) is 63.1 cm³/mol. The Morgan fingerprint density at radius 3 is 1.74 bits per heavy atom. The van der Waals surface area contributed by atoms with E-state index in [1.165, 1.54) is 33.5 Å². The summed E-state index contributed by atoms with van der Waals surface area (Å²) >= 11 is 0. The molecule has 102 valence electrons. The Labute approximate surface area is 108 Å². The molecule has 0 bridgehead atoms. The fourth-order valence-electron chi connectivity index (χ4n) is 1.44. The van der Waals surface area contributed by atoms with Crippen LogP contribution in [0.4, 0.5) is 0 Å². The molecular weight excluding hydrogens is 256 g/mol. The van der Waals surface area contributed by atoms with Gasteiger partial charge in [-0.15, -0.1) is 0 Å². The van der Waals surface area contributed by atoms with Crippen molar-refractivity contribution in [3.8, 4) is 17.2 Å². The molecule has 0 atom stereocenters. The molecular formula is C12H12O7. The zero-order valence-corrected chi connectivity index (χ0v) is 10.6. The Balaban J connectivity index is 3.34. The standard InChI is InChI=1S/C12H12O7/c1-17-7-4-6(9(13)10(14)12(15)16)5-8(18-2)11(7)19-3/h4-5H,1-3H3,(H,15,16). The number of aliphatic carboxylic acids is 1. The van der Waals surface area contributed by atoms with E-state index >= 15 is 0 Å². The Bertz CT molecular complexity index is 508. The van der Waals surface area contributed by atoms with E-state index in [1.807, 2.05) is 0 Å². The smallest absolute Gasteiger partial charge is 0.380 e. The molecule has 0 radical (unpaired) electrons. The van der Waals surface area contributed by atoms with Gasteiger partial charge in [-0.2, -0.15) is 0 Å². The first kappa shape index (κ1) is 14.5. The van der Waals surface area contributed by atoms with Crippen LogP contribution >= 0.6 is 0 Å². The lowest BCUT2D eigenvalue weighted by Crippen LogP contribution is -2.23. The Morgan fingerprint density at radius 2 is 1.42 bits per heavy atom. The van der Waals surface area contributed by atoms with Crippen LogP contribution in [0.15, 0.2) is 12.1 Å². The number of carboxylic acids is 1. The minimum Gasteiger partial charge on any atom is -0.493 e. The van der Waals surface area contributed by atoms with Crippen molar-refractivity contribution in [3.63, 3.8) is 0 Å². The summed E-state index contributed by atoms with van der Waals surface area (Å²) < 4.78 is 15.0. The second-order valence-corrected chi connectivity index (χ2v) is 3.38. The molecule has 0 heterocycles. The lowest BCUT2D eigenvalue weighted by molar-refractivity contribution is -0.146. The first-order valence-corrected chi connectivity index (χ1v) is 5.08. The van der Waals surface area contributed by atoms with E-state index in [0.29, 0.717) is 0 Å². The Hall–Kier alpha value is -2.57. The zero-order chi connectivity index (χ0) is 14.6. The van der Waals surface area contributed by atoms with Crippen molar-refractivity contribution in [2.45, 2.75) is 0 Å². The number of carbonyl (C=O) groups is 3. The molecule has 0 aromatic heterocycles. The molecule has 1 aromatic rings. The molecule has 0 aliphatic rings. The van der Waals surface area contributed by atoms with Crippen LogP contribution in [-0.2, 0) is 9.59 Å². The van der Waals surface area contributed by atoms with Crippen LogP contribution in [0.1, 0.15) is 10.4 Å². The predicted octanol–water partition coefficient (Wildman–Crippen LogP) is 0.549. The highest BCUT2D eigenvalue weighted by atomic mass is 16.5. The number of methoxy groups -OCH3 is 3. The molecule has 7 heteroatoms. The minimum absolute atomic E-state index is 0.151. The number of Topliss-reactive ketones (excluding diaryl/α,β-unsaturated/α-hetero) is 2. The van der Waals surface area contributed by atoms with Gasteiger partial charge < -0.3 is 19.3 Å². The monoisotopic (exact) mass is 268 g/mol. The average molecular weight is 268 g/mol. The highest BCUT2D eigenvalue weighted by Crippen LogP contribution is 2.38. The van der Waals surface area contributed by atoms with Gasteiger partial charge in [0.05, 0.1) is 21.3 Å². The summed E-state index contributed by atoms with van der Waals surface area (Å²) in [6.07, 6.45) is 0. The summed E-state index contributed by atoms with van der Waals surface area (Å²) in [5.74, 6) is -3.96. The molecule has 0 unspecified atom stereocenters. The maximum Gasteiger partial charge on any atom is 0.380 e. The molecule has 0 fully saturated rings. The third-order valence-electron chi connectivity index (χ3n) is 2.33. The van der Waals surface area contributed by atoms with Gasteiger partial charge in [-0.05, 0) is 12.1 Å². The van der Waals surface area contributed by atoms with Crippen LogP contribution in [0.2, 0.25) is 0 Å². The quantitative estimate of drug-likeness (QED) is 0.457. The highest BCUT2D eigenvalue weighted by molar-refractivity contribution is 6.65. The number of hydrogen-bond donors (Lipinski definition) is 1. The lowest BCUT2D eigenvalue weighted by atomic mass is 10.1. The van der Waals surface area contributed by atoms with Crippen LogP contribution in [-0.4, -0.2) is 44.0 Å². The van der Waals surface area contributed by atoms with Gasteiger partial charge >= 0.3 is 11.8 Å². The fraction of sp³-hybridized carbons (Fsp3) is 0.250. The first-order chi connectivity index (χ1) is 8.96. The van der Waals surface area contributed by atoms with Crippen molar-refractivity contribution in [2.24, 2.45) is 0 Å². The maximum absolute atomic E-state index is 11.6. The van der Waals surface area contributed by atoms with Crippen LogP contribution in [0.3, 0.4) is 0 Å². The van der Waals surface area contributed by atoms with E-state index in [-0.39, 0.29) is 22.8 Å². The van der Waals surface area contributed by atoms with Gasteiger partial charge in [-0.3, -0.25) is 9.59 Å². The van der Waals surface area contributed by atoms with Gasteiger partial charge in [-0.1, -0.05) is 0 Å². The molecule has 0 amide bonds. The topological polar surface area (TPSA) is 99.1 Å². The molecule has 1 rings (SSSR count). The normalized spacial score (nSPS) is 9.63. The van der Waals surface area contributed by atoms with Crippen LogP contribution in [0.5, 0.6) is 17.2 Å². The summed E-state index contributed by atoms with van der Waals surface area (Å²) in [5, 5.41) is 8.51. The van der Waals surface area contributed by atoms with Gasteiger partial charge in [0.25, 0.3) is 0 Å². The van der Waals surface area contributed by atoms with Crippen LogP contribution < -0.4 is 14.2 Å². The van der Waals surface area contributed by atoms with E-state index in [2.05, 4.69) is 0 Å². The number of ketones is 2. The van der Waals surface area contributed by atoms with Gasteiger partial charge in [-0.25, -0.2) is 4.79 Å². The molecule has 1 aromatic carbocycles. The number of ether oxygens (including phenoxy) is 3. The average Bonchev–Trinajstić information content (AvgIpc) is 2.43. The van der Waals surface area contributed by atoms with Crippen LogP contribution in [0, 0.1) is 0 Å². The molecule has 0 saturated carbocycles. The van der Waals surface area contributed by atoms with Crippen molar-refractivity contribution in [1.82, 2.24) is 0 Å². The van der Waals surface area contributed by atoms with E-state index in [4.69, 9.17) is 19.3 Å². The van der Waals surface area contributed by atoms with Crippen molar-refractivity contribution < 1.29 is 33.7 Å². The Kier molecular flexibility index (Phi) is 4.46. The van der Waals surface area contributed by atoms with Crippen molar-refractivity contribution in [1.29, 1.82) is 0 Å². The number of carbonyl (C=O) groups excluding carboxylic acids is 2. The third-order valence-corrected chi connectivity index (χ3v) is 2.33. The summed E-state index contributed by atoms with van der Waals surface area (Å²) in [6.45, 7) is 0. The number of benzene rings is 1. The molecule has 19 heavy (non-hydrogen) atoms. The van der Waals surface area contributed by atoms with Crippen LogP contribution in [0.25, 0.3) is 0 Å². The molecule has 0 aliphatic heterocycles. The zero-order valence-electron chi connectivity index (χ0n) is 10.6. The number of hydrogen-bond acceptors (Lipinski definition) is 6. The lowest BCUT2D eigenvalue weighted by Gasteiger charge is -2.13. The van der Waals surface area contributed by atoms with E-state index in [9.17, 15) is 14.4 Å². The maximum atomic E-state index is 11.6. The molecule has 0 saturated heterocycles. The summed E-state index contributed by atoms with van der Waals surface area (Å²) in [5.41, 5.74) is -0.151. The minimum atomic E-state index is -1.82. The largest absolute Gasteiger partial charge is 0.493 e. The Morgan fingerprint density at radius 1 is 0.947 bits per heavy atom. The summed E-state index contributed by atoms with van der Waals surface area (Å²) in [4.78, 5) is 33.3.